The Morgan fingerprint density at radius 3 is 2.31 bits per heavy atom. The summed E-state index contributed by atoms with van der Waals surface area (Å²) in [5, 5.41) is 5.31. The van der Waals surface area contributed by atoms with Crippen molar-refractivity contribution in [2.24, 2.45) is 0 Å². The summed E-state index contributed by atoms with van der Waals surface area (Å²) in [5.41, 5.74) is 0.367. The van der Waals surface area contributed by atoms with Crippen molar-refractivity contribution in [2.45, 2.75) is 19.5 Å². The third-order valence-electron chi connectivity index (χ3n) is 4.03. The van der Waals surface area contributed by atoms with Crippen molar-refractivity contribution in [1.29, 1.82) is 0 Å². The normalized spacial score (nSPS) is 11.2. The molecule has 8 heteroatoms. The van der Waals surface area contributed by atoms with E-state index in [1.165, 1.54) is 24.3 Å². The summed E-state index contributed by atoms with van der Waals surface area (Å²) in [6.45, 7) is 1.72. The smallest absolute Gasteiger partial charge is 0.416 e. The van der Waals surface area contributed by atoms with Crippen molar-refractivity contribution in [3.63, 3.8) is 0 Å². The fraction of sp³-hybridized carbons (Fsp3) is 0.143. The second kappa shape index (κ2) is 8.22. The van der Waals surface area contributed by atoms with Crippen molar-refractivity contribution in [1.82, 2.24) is 0 Å². The third-order valence-corrected chi connectivity index (χ3v) is 4.03. The molecule has 0 aliphatic carbocycles. The van der Waals surface area contributed by atoms with Gasteiger partial charge in [-0.2, -0.15) is 13.2 Å². The van der Waals surface area contributed by atoms with Gasteiger partial charge < -0.3 is 15.1 Å². The van der Waals surface area contributed by atoms with E-state index in [1.807, 2.05) is 0 Å². The van der Waals surface area contributed by atoms with Crippen molar-refractivity contribution < 1.29 is 27.2 Å². The summed E-state index contributed by atoms with van der Waals surface area (Å²) >= 11 is 0. The first-order valence-electron chi connectivity index (χ1n) is 8.75. The van der Waals surface area contributed by atoms with Gasteiger partial charge >= 0.3 is 6.18 Å². The average Bonchev–Trinajstić information content (AvgIpc) is 3.18. The molecular formula is C21H17F3N2O3. The second-order valence-corrected chi connectivity index (χ2v) is 6.18. The highest BCUT2D eigenvalue weighted by Gasteiger charge is 2.30. The minimum Gasteiger partial charge on any atom is -0.451 e. The number of carbonyl (C=O) groups is 2. The molecule has 2 N–H and O–H groups in total. The molecule has 2 amide bonds. The number of nitrogens with one attached hydrogen (secondary N) is 2. The Balaban J connectivity index is 1.75. The van der Waals surface area contributed by atoms with Gasteiger partial charge in [0.2, 0.25) is 5.91 Å². The molecule has 2 aromatic carbocycles. The number of benzene rings is 2. The predicted octanol–water partition coefficient (Wildman–Crippen LogP) is 5.57. The molecule has 0 spiro atoms. The SMILES string of the molecule is CCC(=O)Nc1cccc(NC(=O)c2ccc(-c3cccc(C(F)(F)F)c3)o2)c1. The number of carbonyl (C=O) groups excluding carboxylic acids is 2. The van der Waals surface area contributed by atoms with Crippen LogP contribution in [0.15, 0.2) is 65.1 Å². The Labute approximate surface area is 164 Å². The van der Waals surface area contributed by atoms with Crippen LogP contribution in [0, 0.1) is 0 Å². The minimum absolute atomic E-state index is 0.0552. The molecule has 29 heavy (non-hydrogen) atoms. The molecule has 3 aromatic rings. The molecule has 5 nitrogen and oxygen atoms in total. The fourth-order valence-electron chi connectivity index (χ4n) is 2.58. The second-order valence-electron chi connectivity index (χ2n) is 6.18. The summed E-state index contributed by atoms with van der Waals surface area (Å²) in [6.07, 6.45) is -4.15. The van der Waals surface area contributed by atoms with Crippen LogP contribution in [0.4, 0.5) is 24.5 Å². The Kier molecular flexibility index (Phi) is 5.72. The largest absolute Gasteiger partial charge is 0.451 e. The van der Waals surface area contributed by atoms with E-state index in [0.717, 1.165) is 12.1 Å². The Hall–Kier alpha value is -3.55. The van der Waals surface area contributed by atoms with Crippen LogP contribution in [-0.2, 0) is 11.0 Å². The lowest BCUT2D eigenvalue weighted by Crippen LogP contribution is -2.12. The van der Waals surface area contributed by atoms with Crippen LogP contribution in [0.2, 0.25) is 0 Å². The zero-order valence-electron chi connectivity index (χ0n) is 15.3. The van der Waals surface area contributed by atoms with Crippen LogP contribution in [0.3, 0.4) is 0 Å². The van der Waals surface area contributed by atoms with Gasteiger partial charge in [-0.3, -0.25) is 9.59 Å². The Bertz CT molecular complexity index is 1040. The van der Waals surface area contributed by atoms with Gasteiger partial charge in [0.1, 0.15) is 5.76 Å². The average molecular weight is 402 g/mol. The van der Waals surface area contributed by atoms with E-state index in [1.54, 1.807) is 31.2 Å². The van der Waals surface area contributed by atoms with Crippen LogP contribution in [0.5, 0.6) is 0 Å². The molecular weight excluding hydrogens is 385 g/mol. The van der Waals surface area contributed by atoms with Crippen molar-refractivity contribution in [2.75, 3.05) is 10.6 Å². The lowest BCUT2D eigenvalue weighted by Gasteiger charge is -2.08. The van der Waals surface area contributed by atoms with Crippen LogP contribution in [-0.4, -0.2) is 11.8 Å². The fourth-order valence-corrected chi connectivity index (χ4v) is 2.58. The number of rotatable bonds is 5. The maximum Gasteiger partial charge on any atom is 0.416 e. The van der Waals surface area contributed by atoms with Crippen LogP contribution in [0.25, 0.3) is 11.3 Å². The van der Waals surface area contributed by atoms with Crippen molar-refractivity contribution >= 4 is 23.2 Å². The van der Waals surface area contributed by atoms with Gasteiger partial charge in [0.05, 0.1) is 5.56 Å². The number of anilines is 2. The van der Waals surface area contributed by atoms with E-state index in [2.05, 4.69) is 10.6 Å². The van der Waals surface area contributed by atoms with E-state index in [0.29, 0.717) is 17.8 Å². The van der Waals surface area contributed by atoms with E-state index < -0.39 is 17.6 Å². The number of alkyl halides is 3. The number of halogens is 3. The first-order chi connectivity index (χ1) is 13.8. The summed E-state index contributed by atoms with van der Waals surface area (Å²) in [6, 6.07) is 14.0. The predicted molar refractivity (Wildman–Crippen MR) is 102 cm³/mol. The molecule has 3 rings (SSSR count). The Morgan fingerprint density at radius 1 is 0.931 bits per heavy atom. The maximum absolute atomic E-state index is 12.9. The van der Waals surface area contributed by atoms with Crippen molar-refractivity contribution in [3.05, 3.63) is 72.0 Å². The summed E-state index contributed by atoms with van der Waals surface area (Å²) in [5.74, 6) is -0.641. The summed E-state index contributed by atoms with van der Waals surface area (Å²) in [4.78, 5) is 23.9. The topological polar surface area (TPSA) is 71.3 Å². The van der Waals surface area contributed by atoms with Gasteiger partial charge in [0.25, 0.3) is 5.91 Å². The number of hydrogen-bond donors (Lipinski definition) is 2. The van der Waals surface area contributed by atoms with E-state index >= 15 is 0 Å². The van der Waals surface area contributed by atoms with Gasteiger partial charge in [0, 0.05) is 23.4 Å². The zero-order chi connectivity index (χ0) is 21.0. The molecule has 0 bridgehead atoms. The van der Waals surface area contributed by atoms with Crippen LogP contribution < -0.4 is 10.6 Å². The molecule has 0 aliphatic rings. The highest BCUT2D eigenvalue weighted by molar-refractivity contribution is 6.03. The van der Waals surface area contributed by atoms with Gasteiger partial charge in [-0.15, -0.1) is 0 Å². The molecule has 0 fully saturated rings. The van der Waals surface area contributed by atoms with Gasteiger partial charge in [0.15, 0.2) is 5.76 Å². The first kappa shape index (κ1) is 20.2. The van der Waals surface area contributed by atoms with E-state index in [-0.39, 0.29) is 23.0 Å². The van der Waals surface area contributed by atoms with E-state index in [9.17, 15) is 22.8 Å². The monoisotopic (exact) mass is 402 g/mol. The number of amides is 2. The molecule has 0 atom stereocenters. The molecule has 150 valence electrons. The number of furan rings is 1. The third kappa shape index (κ3) is 5.04. The minimum atomic E-state index is -4.47. The summed E-state index contributed by atoms with van der Waals surface area (Å²) in [7, 11) is 0. The van der Waals surface area contributed by atoms with Crippen LogP contribution >= 0.6 is 0 Å². The molecule has 0 radical (unpaired) electrons. The van der Waals surface area contributed by atoms with Gasteiger partial charge in [-0.25, -0.2) is 0 Å². The molecule has 1 aromatic heterocycles. The quantitative estimate of drug-likeness (QED) is 0.586. The van der Waals surface area contributed by atoms with E-state index in [4.69, 9.17) is 4.42 Å². The Morgan fingerprint density at radius 2 is 1.62 bits per heavy atom. The highest BCUT2D eigenvalue weighted by Crippen LogP contribution is 2.32. The lowest BCUT2D eigenvalue weighted by atomic mass is 10.1. The molecule has 1 heterocycles. The molecule has 0 unspecified atom stereocenters. The summed E-state index contributed by atoms with van der Waals surface area (Å²) < 4.78 is 44.1. The number of hydrogen-bond acceptors (Lipinski definition) is 3. The van der Waals surface area contributed by atoms with Gasteiger partial charge in [-0.1, -0.05) is 25.1 Å². The van der Waals surface area contributed by atoms with Crippen LogP contribution in [0.1, 0.15) is 29.5 Å². The first-order valence-corrected chi connectivity index (χ1v) is 8.75. The molecule has 0 saturated carbocycles. The standard InChI is InChI=1S/C21H17F3N2O3/c1-2-19(27)25-15-7-4-8-16(12-15)26-20(28)18-10-9-17(29-18)13-5-3-6-14(11-13)21(22,23)24/h3-12H,2H2,1H3,(H,25,27)(H,26,28). The maximum atomic E-state index is 12.9. The molecule has 0 saturated heterocycles. The van der Waals surface area contributed by atoms with Gasteiger partial charge in [-0.05, 0) is 42.5 Å². The molecule has 0 aliphatic heterocycles. The van der Waals surface area contributed by atoms with Crippen molar-refractivity contribution in [3.8, 4) is 11.3 Å². The highest BCUT2D eigenvalue weighted by atomic mass is 19.4. The zero-order valence-corrected chi connectivity index (χ0v) is 15.3. The lowest BCUT2D eigenvalue weighted by molar-refractivity contribution is -0.137.